The molecule has 2 heterocycles. The number of hydrogen-bond acceptors (Lipinski definition) is 4. The van der Waals surface area contributed by atoms with Gasteiger partial charge in [0.1, 0.15) is 11.7 Å². The van der Waals surface area contributed by atoms with Gasteiger partial charge in [-0.2, -0.15) is 0 Å². The van der Waals surface area contributed by atoms with Crippen LogP contribution in [0.1, 0.15) is 69.2 Å². The molecule has 4 nitrogen and oxygen atoms in total. The van der Waals surface area contributed by atoms with Crippen molar-refractivity contribution in [2.24, 2.45) is 16.8 Å². The molecule has 2 rings (SSSR count). The highest BCUT2D eigenvalue weighted by Gasteiger charge is 2.37. The van der Waals surface area contributed by atoms with Gasteiger partial charge in [-0.3, -0.25) is 4.99 Å². The van der Waals surface area contributed by atoms with E-state index in [2.05, 4.69) is 90.4 Å². The van der Waals surface area contributed by atoms with Gasteiger partial charge in [0.05, 0.1) is 6.04 Å². The summed E-state index contributed by atoms with van der Waals surface area (Å²) in [5.74, 6) is 3.54. The van der Waals surface area contributed by atoms with Crippen LogP contribution >= 0.6 is 0 Å². The van der Waals surface area contributed by atoms with E-state index in [1.165, 1.54) is 5.82 Å². The molecule has 0 amide bonds. The SMILES string of the molecule is CC(C)[C@H]1CN(C(C)(C)C)C(/C=C2\N[C@@H](C(C)C)CN2C(C)(C)C)=N1. The molecule has 2 aliphatic rings. The summed E-state index contributed by atoms with van der Waals surface area (Å²) < 4.78 is 0. The van der Waals surface area contributed by atoms with E-state index < -0.39 is 0 Å². The molecule has 1 fully saturated rings. The maximum atomic E-state index is 5.08. The van der Waals surface area contributed by atoms with Crippen LogP contribution in [0.5, 0.6) is 0 Å². The number of nitrogens with one attached hydrogen (secondary N) is 1. The number of amidine groups is 1. The Kier molecular flexibility index (Phi) is 5.51. The van der Waals surface area contributed by atoms with Crippen LogP contribution in [0.4, 0.5) is 0 Å². The van der Waals surface area contributed by atoms with Crippen LogP contribution in [0.2, 0.25) is 0 Å². The third kappa shape index (κ3) is 4.51. The second kappa shape index (κ2) is 6.85. The minimum atomic E-state index is 0.0855. The molecule has 0 spiro atoms. The second-order valence-corrected chi connectivity index (χ2v) is 10.4. The molecule has 2 atom stereocenters. The Labute approximate surface area is 155 Å². The summed E-state index contributed by atoms with van der Waals surface area (Å²) in [6.07, 6.45) is 2.29. The van der Waals surface area contributed by atoms with E-state index in [1.54, 1.807) is 0 Å². The molecule has 4 heteroatoms. The Balaban J connectivity index is 2.38. The Morgan fingerprint density at radius 3 is 1.92 bits per heavy atom. The van der Waals surface area contributed by atoms with Crippen molar-refractivity contribution in [2.75, 3.05) is 13.1 Å². The highest BCUT2D eigenvalue weighted by Crippen LogP contribution is 2.29. The molecule has 0 saturated carbocycles. The van der Waals surface area contributed by atoms with Gasteiger partial charge < -0.3 is 15.1 Å². The first-order valence-electron chi connectivity index (χ1n) is 9.92. The van der Waals surface area contributed by atoms with Crippen LogP contribution in [0.25, 0.3) is 0 Å². The lowest BCUT2D eigenvalue weighted by atomic mass is 10.0. The Morgan fingerprint density at radius 2 is 1.48 bits per heavy atom. The van der Waals surface area contributed by atoms with Crippen molar-refractivity contribution in [2.45, 2.75) is 92.4 Å². The number of rotatable bonds is 3. The topological polar surface area (TPSA) is 30.9 Å². The molecule has 25 heavy (non-hydrogen) atoms. The number of nitrogens with zero attached hydrogens (tertiary/aromatic N) is 3. The monoisotopic (exact) mass is 348 g/mol. The summed E-state index contributed by atoms with van der Waals surface area (Å²) >= 11 is 0. The molecule has 1 N–H and O–H groups in total. The number of hydrogen-bond donors (Lipinski definition) is 1. The minimum absolute atomic E-state index is 0.0855. The first kappa shape index (κ1) is 20.1. The van der Waals surface area contributed by atoms with Gasteiger partial charge in [0, 0.05) is 36.3 Å². The minimum Gasteiger partial charge on any atom is -0.367 e. The molecule has 2 aliphatic heterocycles. The average molecular weight is 349 g/mol. The molecule has 0 radical (unpaired) electrons. The lowest BCUT2D eigenvalue weighted by molar-refractivity contribution is 0.203. The van der Waals surface area contributed by atoms with Crippen molar-refractivity contribution in [3.63, 3.8) is 0 Å². The highest BCUT2D eigenvalue weighted by molar-refractivity contribution is 5.95. The van der Waals surface area contributed by atoms with Gasteiger partial charge in [-0.25, -0.2) is 0 Å². The standard InChI is InChI=1S/C21H40N4/c1-14(2)16-12-24(20(5,6)7)18(22-16)11-19-23-17(15(3)4)13-25(19)21(8,9)10/h11,14-17,22H,12-13H2,1-10H3/b18-11+/t16-,17-/m1/s1. The van der Waals surface area contributed by atoms with E-state index in [0.717, 1.165) is 18.9 Å². The van der Waals surface area contributed by atoms with Crippen LogP contribution in [0, 0.1) is 11.8 Å². The van der Waals surface area contributed by atoms with Crippen molar-refractivity contribution in [1.82, 2.24) is 15.1 Å². The van der Waals surface area contributed by atoms with E-state index in [4.69, 9.17) is 4.99 Å². The molecule has 144 valence electrons. The molecular weight excluding hydrogens is 308 g/mol. The van der Waals surface area contributed by atoms with Gasteiger partial charge in [0.25, 0.3) is 0 Å². The first-order valence-corrected chi connectivity index (χ1v) is 9.92. The molecular formula is C21H40N4. The zero-order valence-electron chi connectivity index (χ0n) is 18.1. The quantitative estimate of drug-likeness (QED) is 0.833. The van der Waals surface area contributed by atoms with Crippen LogP contribution < -0.4 is 5.32 Å². The fraction of sp³-hybridized carbons (Fsp3) is 0.857. The van der Waals surface area contributed by atoms with Crippen molar-refractivity contribution in [3.8, 4) is 0 Å². The lowest BCUT2D eigenvalue weighted by Gasteiger charge is -2.36. The predicted octanol–water partition coefficient (Wildman–Crippen LogP) is 4.09. The summed E-state index contributed by atoms with van der Waals surface area (Å²) in [6, 6.07) is 0.882. The zero-order valence-corrected chi connectivity index (χ0v) is 18.1. The average Bonchev–Trinajstić information content (AvgIpc) is 3.02. The summed E-state index contributed by atoms with van der Waals surface area (Å²) in [5.41, 5.74) is 0.188. The van der Waals surface area contributed by atoms with Gasteiger partial charge >= 0.3 is 0 Å². The van der Waals surface area contributed by atoms with Crippen LogP contribution in [0.3, 0.4) is 0 Å². The number of aliphatic imine (C=N–C) groups is 1. The fourth-order valence-electron chi connectivity index (χ4n) is 3.52. The lowest BCUT2D eigenvalue weighted by Crippen LogP contribution is -2.45. The summed E-state index contributed by atoms with van der Waals surface area (Å²) in [6.45, 7) is 24.9. The van der Waals surface area contributed by atoms with Gasteiger partial charge in [0.2, 0.25) is 0 Å². The van der Waals surface area contributed by atoms with E-state index >= 15 is 0 Å². The van der Waals surface area contributed by atoms with Crippen LogP contribution in [-0.2, 0) is 0 Å². The maximum absolute atomic E-state index is 5.08. The smallest absolute Gasteiger partial charge is 0.127 e. The molecule has 0 aliphatic carbocycles. The molecule has 1 saturated heterocycles. The molecule has 0 aromatic heterocycles. The van der Waals surface area contributed by atoms with E-state index in [1.807, 2.05) is 0 Å². The van der Waals surface area contributed by atoms with Crippen LogP contribution in [0.15, 0.2) is 16.9 Å². The summed E-state index contributed by atoms with van der Waals surface area (Å²) in [7, 11) is 0. The molecule has 0 unspecified atom stereocenters. The van der Waals surface area contributed by atoms with Crippen molar-refractivity contribution < 1.29 is 0 Å². The second-order valence-electron chi connectivity index (χ2n) is 10.4. The van der Waals surface area contributed by atoms with Crippen LogP contribution in [-0.4, -0.2) is 51.9 Å². The van der Waals surface area contributed by atoms with Gasteiger partial charge in [-0.05, 0) is 53.4 Å². The molecule has 0 aromatic carbocycles. The normalized spacial score (nSPS) is 26.9. The summed E-state index contributed by atoms with van der Waals surface area (Å²) in [5, 5.41) is 3.77. The van der Waals surface area contributed by atoms with E-state index in [0.29, 0.717) is 23.9 Å². The third-order valence-electron chi connectivity index (χ3n) is 5.41. The van der Waals surface area contributed by atoms with E-state index in [-0.39, 0.29) is 11.1 Å². The molecule has 0 aromatic rings. The van der Waals surface area contributed by atoms with Crippen molar-refractivity contribution in [3.05, 3.63) is 11.9 Å². The largest absolute Gasteiger partial charge is 0.367 e. The van der Waals surface area contributed by atoms with Gasteiger partial charge in [-0.1, -0.05) is 27.7 Å². The maximum Gasteiger partial charge on any atom is 0.127 e. The first-order chi connectivity index (χ1) is 11.3. The summed E-state index contributed by atoms with van der Waals surface area (Å²) in [4.78, 5) is 10.1. The predicted molar refractivity (Wildman–Crippen MR) is 109 cm³/mol. The fourth-order valence-corrected chi connectivity index (χ4v) is 3.52. The van der Waals surface area contributed by atoms with Gasteiger partial charge in [0.15, 0.2) is 0 Å². The zero-order chi connectivity index (χ0) is 19.2. The Bertz CT molecular complexity index is 531. The van der Waals surface area contributed by atoms with Crippen molar-refractivity contribution >= 4 is 5.84 Å². The Hall–Kier alpha value is -1.19. The van der Waals surface area contributed by atoms with Gasteiger partial charge in [-0.15, -0.1) is 0 Å². The van der Waals surface area contributed by atoms with Crippen molar-refractivity contribution in [1.29, 1.82) is 0 Å². The molecule has 0 bridgehead atoms. The van der Waals surface area contributed by atoms with E-state index in [9.17, 15) is 0 Å². The Morgan fingerprint density at radius 1 is 0.920 bits per heavy atom. The highest BCUT2D eigenvalue weighted by atomic mass is 15.4. The third-order valence-corrected chi connectivity index (χ3v) is 5.41.